The molecule has 0 aliphatic carbocycles. The summed E-state index contributed by atoms with van der Waals surface area (Å²) in [5.74, 6) is 0. The van der Waals surface area contributed by atoms with Gasteiger partial charge in [-0.05, 0) is 0 Å². The van der Waals surface area contributed by atoms with Crippen molar-refractivity contribution in [2.24, 2.45) is 0 Å². The van der Waals surface area contributed by atoms with Crippen LogP contribution in [0.15, 0.2) is 0 Å². The van der Waals surface area contributed by atoms with Crippen molar-refractivity contribution in [1.29, 1.82) is 0 Å². The topological polar surface area (TPSA) is 17.1 Å². The van der Waals surface area contributed by atoms with Crippen LogP contribution < -0.4 is 0 Å². The van der Waals surface area contributed by atoms with Crippen LogP contribution in [0.1, 0.15) is 0 Å². The molecule has 1 nitrogen and oxygen atoms in total. The van der Waals surface area contributed by atoms with E-state index in [1.54, 1.807) is 0 Å². The molecular weight excluding hydrogens is 178 g/mol. The van der Waals surface area contributed by atoms with E-state index in [-0.39, 0.29) is 24.8 Å². The molecule has 0 amide bonds. The van der Waals surface area contributed by atoms with Crippen molar-refractivity contribution in [1.82, 2.24) is 0 Å². The molecule has 26 valence electrons. The van der Waals surface area contributed by atoms with Gasteiger partial charge in [-0.2, -0.15) is 0 Å². The van der Waals surface area contributed by atoms with Crippen LogP contribution in [-0.4, -0.2) is 0 Å². The fraction of sp³-hybridized carbons (Fsp3) is 0. The molecule has 0 rings (SSSR count). The predicted octanol–water partition coefficient (Wildman–Crippen LogP) is 0.722. The first-order valence-electron chi connectivity index (χ1n) is 0.204. The normalized spacial score (nSPS) is 0.750. The predicted molar refractivity (Wildman–Crippen MR) is 15.2 cm³/mol. The molecule has 0 unspecified atom stereocenters. The van der Waals surface area contributed by atoms with Crippen LogP contribution in [0.4, 0.5) is 0 Å². The second-order valence-electron chi connectivity index (χ2n) is 0. The van der Waals surface area contributed by atoms with Crippen molar-refractivity contribution < 1.29 is 27.5 Å². The maximum atomic E-state index is 8.34. The Bertz CT molecular complexity index is 6.00. The fourth-order valence-corrected chi connectivity index (χ4v) is 0. The van der Waals surface area contributed by atoms with E-state index in [1.807, 2.05) is 0 Å². The molecule has 0 spiro atoms. The second-order valence-corrected chi connectivity index (χ2v) is 0. The zero-order valence-corrected chi connectivity index (χ0v) is 5.82. The van der Waals surface area contributed by atoms with Crippen molar-refractivity contribution in [3.8, 4) is 0 Å². The van der Waals surface area contributed by atoms with E-state index in [1.165, 1.54) is 0 Å². The van der Waals surface area contributed by atoms with Gasteiger partial charge in [-0.1, -0.05) is 0 Å². The maximum absolute atomic E-state index is 8.34. The molecule has 0 aromatic carbocycles. The quantitative estimate of drug-likeness (QED) is 0.537. The summed E-state index contributed by atoms with van der Waals surface area (Å²) in [4.78, 5) is 0. The van der Waals surface area contributed by atoms with E-state index in [4.69, 9.17) is 2.81 Å². The van der Waals surface area contributed by atoms with Gasteiger partial charge in [0.15, 0.2) is 0 Å². The molecule has 0 N–H and O–H groups in total. The average molecular weight is 180 g/mol. The minimum absolute atomic E-state index is 0. The SMILES string of the molecule is Cl.Cl.[O]=[Zr]. The molecule has 0 heterocycles. The van der Waals surface area contributed by atoms with Gasteiger partial charge in [-0.15, -0.1) is 24.8 Å². The van der Waals surface area contributed by atoms with E-state index in [0.717, 1.165) is 0 Å². The molecular formula is H2Cl2OZr. The van der Waals surface area contributed by atoms with Gasteiger partial charge in [0.05, 0.1) is 0 Å². The van der Waals surface area contributed by atoms with Crippen LogP contribution in [0, 0.1) is 0 Å². The Morgan fingerprint density at radius 2 is 1.00 bits per heavy atom. The number of halogens is 2. The molecule has 4 heteroatoms. The molecule has 0 saturated carbocycles. The van der Waals surface area contributed by atoms with Crippen molar-refractivity contribution in [2.75, 3.05) is 0 Å². The standard InChI is InChI=1S/2ClH.O.Zr/h2*1H;;. The van der Waals surface area contributed by atoms with Gasteiger partial charge in [-0.25, -0.2) is 0 Å². The van der Waals surface area contributed by atoms with E-state index in [9.17, 15) is 0 Å². The molecule has 0 fully saturated rings. The van der Waals surface area contributed by atoms with Crippen molar-refractivity contribution in [2.45, 2.75) is 0 Å². The molecule has 0 atom stereocenters. The third-order valence-corrected chi connectivity index (χ3v) is 0. The van der Waals surface area contributed by atoms with Crippen LogP contribution in [0.25, 0.3) is 0 Å². The number of rotatable bonds is 0. The van der Waals surface area contributed by atoms with Crippen molar-refractivity contribution in [3.05, 3.63) is 0 Å². The molecule has 0 radical (unpaired) electrons. The number of hydrogen-bond acceptors (Lipinski definition) is 1. The summed E-state index contributed by atoms with van der Waals surface area (Å²) in [7, 11) is 0. The second kappa shape index (κ2) is 28.5. The molecule has 0 saturated heterocycles. The summed E-state index contributed by atoms with van der Waals surface area (Å²) in [6.45, 7) is 0. The molecule has 0 aliphatic rings. The first kappa shape index (κ1) is 18.7. The summed E-state index contributed by atoms with van der Waals surface area (Å²) in [5.41, 5.74) is 0. The third-order valence-electron chi connectivity index (χ3n) is 0. The Hall–Kier alpha value is 1.26. The van der Waals surface area contributed by atoms with Gasteiger partial charge >= 0.3 is 27.5 Å². The van der Waals surface area contributed by atoms with E-state index in [0.29, 0.717) is 24.7 Å². The summed E-state index contributed by atoms with van der Waals surface area (Å²) in [5, 5.41) is 0. The van der Waals surface area contributed by atoms with Crippen molar-refractivity contribution >= 4 is 24.8 Å². The van der Waals surface area contributed by atoms with Gasteiger partial charge in [0, 0.05) is 0 Å². The monoisotopic (exact) mass is 178 g/mol. The molecule has 0 bridgehead atoms. The zero-order chi connectivity index (χ0) is 2.00. The first-order chi connectivity index (χ1) is 1.00. The van der Waals surface area contributed by atoms with Crippen LogP contribution in [0.2, 0.25) is 0 Å². The fourth-order valence-electron chi connectivity index (χ4n) is 0. The van der Waals surface area contributed by atoms with E-state index in [2.05, 4.69) is 0 Å². The van der Waals surface area contributed by atoms with Crippen LogP contribution in [-0.2, 0) is 27.5 Å². The Morgan fingerprint density at radius 3 is 1.00 bits per heavy atom. The third kappa shape index (κ3) is 10.5. The summed E-state index contributed by atoms with van der Waals surface area (Å²) >= 11 is 0.300. The molecule has 0 aliphatic heterocycles. The Balaban J connectivity index is -0.00000000500. The zero-order valence-electron chi connectivity index (χ0n) is 1.72. The van der Waals surface area contributed by atoms with Crippen LogP contribution in [0.3, 0.4) is 0 Å². The number of hydrogen-bond donors (Lipinski definition) is 0. The summed E-state index contributed by atoms with van der Waals surface area (Å²) in [6.07, 6.45) is 0. The van der Waals surface area contributed by atoms with Gasteiger partial charge < -0.3 is 0 Å². The summed E-state index contributed by atoms with van der Waals surface area (Å²) in [6, 6.07) is 0. The van der Waals surface area contributed by atoms with Gasteiger partial charge in [0.2, 0.25) is 0 Å². The Kier molecular flexibility index (Phi) is 133. The van der Waals surface area contributed by atoms with Crippen molar-refractivity contribution in [3.63, 3.8) is 0 Å². The van der Waals surface area contributed by atoms with Gasteiger partial charge in [0.1, 0.15) is 0 Å². The Morgan fingerprint density at radius 1 is 1.00 bits per heavy atom. The Labute approximate surface area is 52.3 Å². The van der Waals surface area contributed by atoms with Crippen LogP contribution >= 0.6 is 24.8 Å². The van der Waals surface area contributed by atoms with Crippen LogP contribution in [0.5, 0.6) is 0 Å². The van der Waals surface area contributed by atoms with Gasteiger partial charge in [0.25, 0.3) is 0 Å². The average Bonchev–Trinajstić information content (AvgIpc) is 1.00. The van der Waals surface area contributed by atoms with E-state index < -0.39 is 0 Å². The first-order valence-corrected chi connectivity index (χ1v) is 1.21. The van der Waals surface area contributed by atoms with Gasteiger partial charge in [-0.3, -0.25) is 0 Å². The molecule has 4 heavy (non-hydrogen) atoms. The van der Waals surface area contributed by atoms with E-state index >= 15 is 0 Å². The minimum atomic E-state index is 0. The molecule has 0 aromatic heterocycles. The molecule has 0 aromatic rings. The summed E-state index contributed by atoms with van der Waals surface area (Å²) < 4.78 is 8.34.